The molecule has 0 atom stereocenters. The zero-order valence-electron chi connectivity index (χ0n) is 12.5. The van der Waals surface area contributed by atoms with Gasteiger partial charge in [-0.25, -0.2) is 4.39 Å². The van der Waals surface area contributed by atoms with E-state index in [1.165, 1.54) is 12.1 Å². The van der Waals surface area contributed by atoms with Gasteiger partial charge in [-0.05, 0) is 24.3 Å². The van der Waals surface area contributed by atoms with Crippen LogP contribution in [0.1, 0.15) is 15.9 Å². The molecule has 1 N–H and O–H groups in total. The predicted octanol–water partition coefficient (Wildman–Crippen LogP) is 5.39. The molecule has 0 aliphatic carbocycles. The van der Waals surface area contributed by atoms with Crippen molar-refractivity contribution in [2.75, 3.05) is 0 Å². The van der Waals surface area contributed by atoms with E-state index in [2.05, 4.69) is 5.32 Å². The predicted molar refractivity (Wildman–Crippen MR) is 98.5 cm³/mol. The highest BCUT2D eigenvalue weighted by Crippen LogP contribution is 2.36. The number of hydrogen-bond acceptors (Lipinski definition) is 4. The summed E-state index contributed by atoms with van der Waals surface area (Å²) in [4.78, 5) is 12.6. The van der Waals surface area contributed by atoms with E-state index in [1.54, 1.807) is 35.7 Å². The molecule has 2 aromatic carbocycles. The van der Waals surface area contributed by atoms with E-state index in [9.17, 15) is 14.4 Å². The van der Waals surface area contributed by atoms with E-state index in [-0.39, 0.29) is 26.7 Å². The van der Waals surface area contributed by atoms with Gasteiger partial charge < -0.3 is 5.32 Å². The molecule has 124 valence electrons. The van der Waals surface area contributed by atoms with Crippen molar-refractivity contribution in [3.63, 3.8) is 0 Å². The minimum Gasteiger partial charge on any atom is -0.348 e. The summed E-state index contributed by atoms with van der Waals surface area (Å²) in [5.41, 5.74) is 0.710. The quantitative estimate of drug-likeness (QED) is 0.433. The maximum Gasteiger partial charge on any atom is 0.207 e. The van der Waals surface area contributed by atoms with Gasteiger partial charge in [-0.2, -0.15) is 5.26 Å². The van der Waals surface area contributed by atoms with Gasteiger partial charge in [-0.1, -0.05) is 53.2 Å². The van der Waals surface area contributed by atoms with Crippen LogP contribution < -0.4 is 5.32 Å². The largest absolute Gasteiger partial charge is 0.348 e. The first-order valence-corrected chi connectivity index (χ1v) is 8.68. The van der Waals surface area contributed by atoms with Gasteiger partial charge >= 0.3 is 0 Å². The molecule has 3 nitrogen and oxygen atoms in total. The van der Waals surface area contributed by atoms with Crippen molar-refractivity contribution in [1.29, 1.82) is 5.26 Å². The molecule has 1 aliphatic rings. The zero-order chi connectivity index (χ0) is 18.0. The van der Waals surface area contributed by atoms with E-state index in [4.69, 9.17) is 23.2 Å². The normalized spacial score (nSPS) is 15.2. The third kappa shape index (κ3) is 3.42. The Bertz CT molecular complexity index is 959. The Morgan fingerprint density at radius 1 is 1.12 bits per heavy atom. The Balaban J connectivity index is 1.96. The molecular formula is C18H9Cl2FN2OS. The lowest BCUT2D eigenvalue weighted by Crippen LogP contribution is -2.13. The lowest BCUT2D eigenvalue weighted by Gasteiger charge is -2.10. The fourth-order valence-corrected chi connectivity index (χ4v) is 3.61. The van der Waals surface area contributed by atoms with Gasteiger partial charge in [-0.15, -0.1) is 0 Å². The average molecular weight is 391 g/mol. The molecule has 1 aliphatic heterocycles. The number of carbonyl (C=O) groups excluding carboxylic acids is 1. The molecule has 0 saturated heterocycles. The molecule has 0 spiro atoms. The second-order valence-corrected chi connectivity index (χ2v) is 6.69. The summed E-state index contributed by atoms with van der Waals surface area (Å²) >= 11 is 13.2. The molecule has 3 rings (SSSR count). The number of nitrogens with zero attached hydrogens (tertiary/aromatic N) is 1. The van der Waals surface area contributed by atoms with Crippen molar-refractivity contribution in [1.82, 2.24) is 5.32 Å². The van der Waals surface area contributed by atoms with Gasteiger partial charge in [0.25, 0.3) is 0 Å². The highest BCUT2D eigenvalue weighted by Gasteiger charge is 2.25. The lowest BCUT2D eigenvalue weighted by molar-refractivity contribution is 0.103. The number of ketones is 1. The molecule has 25 heavy (non-hydrogen) atoms. The highest BCUT2D eigenvalue weighted by molar-refractivity contribution is 8.06. The van der Waals surface area contributed by atoms with E-state index in [0.717, 1.165) is 11.8 Å². The van der Waals surface area contributed by atoms with Gasteiger partial charge in [0, 0.05) is 11.0 Å². The summed E-state index contributed by atoms with van der Waals surface area (Å²) in [6.45, 7) is 0. The van der Waals surface area contributed by atoms with Gasteiger partial charge in [0.15, 0.2) is 0 Å². The number of nitrogens with one attached hydrogen (secondary N) is 1. The topological polar surface area (TPSA) is 52.9 Å². The van der Waals surface area contributed by atoms with E-state index in [0.29, 0.717) is 10.7 Å². The SMILES string of the molecule is N#CC(C(=O)c1ccccc1Cl)=C1NC(c2c(F)cccc2Cl)=CS1. The van der Waals surface area contributed by atoms with E-state index < -0.39 is 11.6 Å². The third-order valence-corrected chi connectivity index (χ3v) is 5.00. The first-order chi connectivity index (χ1) is 12.0. The molecule has 7 heteroatoms. The van der Waals surface area contributed by atoms with Crippen molar-refractivity contribution in [3.05, 3.63) is 85.5 Å². The second-order valence-electron chi connectivity index (χ2n) is 5.00. The maximum absolute atomic E-state index is 14.0. The van der Waals surface area contributed by atoms with Gasteiger partial charge in [0.05, 0.1) is 26.3 Å². The van der Waals surface area contributed by atoms with Crippen LogP contribution in [0.25, 0.3) is 5.70 Å². The molecule has 1 heterocycles. The number of thioether (sulfide) groups is 1. The number of allylic oxidation sites excluding steroid dienone is 1. The van der Waals surface area contributed by atoms with Crippen molar-refractivity contribution >= 4 is 46.4 Å². The summed E-state index contributed by atoms with van der Waals surface area (Å²) < 4.78 is 14.0. The summed E-state index contributed by atoms with van der Waals surface area (Å²) in [6, 6.07) is 12.7. The second kappa shape index (κ2) is 7.32. The van der Waals surface area contributed by atoms with Crippen molar-refractivity contribution < 1.29 is 9.18 Å². The van der Waals surface area contributed by atoms with Crippen LogP contribution in [0, 0.1) is 17.1 Å². The summed E-state index contributed by atoms with van der Waals surface area (Å²) in [6.07, 6.45) is 0. The van der Waals surface area contributed by atoms with Crippen LogP contribution in [0.15, 0.2) is 58.5 Å². The van der Waals surface area contributed by atoms with Crippen LogP contribution in [-0.2, 0) is 0 Å². The van der Waals surface area contributed by atoms with Crippen LogP contribution >= 0.6 is 35.0 Å². The Morgan fingerprint density at radius 3 is 2.52 bits per heavy atom. The number of benzene rings is 2. The zero-order valence-corrected chi connectivity index (χ0v) is 14.8. The summed E-state index contributed by atoms with van der Waals surface area (Å²) in [7, 11) is 0. The third-order valence-electron chi connectivity index (χ3n) is 3.46. The van der Waals surface area contributed by atoms with E-state index in [1.807, 2.05) is 6.07 Å². The van der Waals surface area contributed by atoms with Crippen molar-refractivity contribution in [3.8, 4) is 6.07 Å². The maximum atomic E-state index is 14.0. The van der Waals surface area contributed by atoms with Gasteiger partial charge in [0.2, 0.25) is 5.78 Å². The number of rotatable bonds is 3. The first kappa shape index (κ1) is 17.6. The Morgan fingerprint density at radius 2 is 1.84 bits per heavy atom. The molecule has 0 amide bonds. The molecule has 2 aromatic rings. The van der Waals surface area contributed by atoms with Crippen LogP contribution in [0.4, 0.5) is 4.39 Å². The molecule has 0 radical (unpaired) electrons. The molecule has 0 fully saturated rings. The molecule has 0 bridgehead atoms. The van der Waals surface area contributed by atoms with Gasteiger partial charge in [0.1, 0.15) is 17.5 Å². The lowest BCUT2D eigenvalue weighted by atomic mass is 10.0. The first-order valence-electron chi connectivity index (χ1n) is 7.04. The molecule has 0 saturated carbocycles. The van der Waals surface area contributed by atoms with Crippen molar-refractivity contribution in [2.45, 2.75) is 0 Å². The molecular weight excluding hydrogens is 382 g/mol. The van der Waals surface area contributed by atoms with Crippen molar-refractivity contribution in [2.24, 2.45) is 0 Å². The minimum absolute atomic E-state index is 0.100. The fraction of sp³-hybridized carbons (Fsp3) is 0. The standard InChI is InChI=1S/C18H9Cl2FN2OS/c19-12-5-2-1-4-10(12)17(24)11(8-22)18-23-15(9-25-18)16-13(20)6-3-7-14(16)21/h1-7,9,23H. The Labute approximate surface area is 157 Å². The highest BCUT2D eigenvalue weighted by atomic mass is 35.5. The number of nitriles is 1. The fourth-order valence-electron chi connectivity index (χ4n) is 2.28. The van der Waals surface area contributed by atoms with Crippen LogP contribution in [0.2, 0.25) is 10.0 Å². The minimum atomic E-state index is -0.502. The Kier molecular flexibility index (Phi) is 5.14. The smallest absolute Gasteiger partial charge is 0.207 e. The average Bonchev–Trinajstić information content (AvgIpc) is 3.05. The number of halogens is 3. The van der Waals surface area contributed by atoms with Crippen LogP contribution in [0.3, 0.4) is 0 Å². The summed E-state index contributed by atoms with van der Waals surface area (Å²) in [5.74, 6) is -0.999. The number of hydrogen-bond donors (Lipinski definition) is 1. The summed E-state index contributed by atoms with van der Waals surface area (Å²) in [5, 5.41) is 14.7. The Hall–Kier alpha value is -2.26. The molecule has 0 aromatic heterocycles. The number of carbonyl (C=O) groups is 1. The van der Waals surface area contributed by atoms with Crippen LogP contribution in [0.5, 0.6) is 0 Å². The molecule has 0 unspecified atom stereocenters. The van der Waals surface area contributed by atoms with E-state index >= 15 is 0 Å². The monoisotopic (exact) mass is 390 g/mol. The van der Waals surface area contributed by atoms with Crippen LogP contribution in [-0.4, -0.2) is 5.78 Å². The number of Topliss-reactive ketones (excluding diaryl/α,β-unsaturated/α-hetero) is 1. The van der Waals surface area contributed by atoms with Gasteiger partial charge in [-0.3, -0.25) is 4.79 Å².